The van der Waals surface area contributed by atoms with Crippen molar-refractivity contribution in [2.24, 2.45) is 5.92 Å². The fraction of sp³-hybridized carbons (Fsp3) is 0.381. The highest BCUT2D eigenvalue weighted by Crippen LogP contribution is 2.40. The number of rotatable bonds is 5. The Hall–Kier alpha value is -2.73. The number of aliphatic hydroxyl groups excluding tert-OH is 1. The maximum atomic E-state index is 12.9. The van der Waals surface area contributed by atoms with E-state index in [1.54, 1.807) is 18.2 Å². The second-order valence-corrected chi connectivity index (χ2v) is 7.16. The lowest BCUT2D eigenvalue weighted by molar-refractivity contribution is 0.0235. The molecule has 0 unspecified atom stereocenters. The summed E-state index contributed by atoms with van der Waals surface area (Å²) >= 11 is 0. The fourth-order valence-corrected chi connectivity index (χ4v) is 3.86. The van der Waals surface area contributed by atoms with Crippen LogP contribution < -0.4 is 14.8 Å². The van der Waals surface area contributed by atoms with E-state index in [1.807, 2.05) is 12.1 Å². The lowest BCUT2D eigenvalue weighted by Crippen LogP contribution is -2.41. The number of aromatic hydroxyl groups is 1. The summed E-state index contributed by atoms with van der Waals surface area (Å²) in [5.41, 5.74) is 2.30. The number of phenols is 1. The molecule has 27 heavy (non-hydrogen) atoms. The van der Waals surface area contributed by atoms with Gasteiger partial charge in [0, 0.05) is 6.42 Å². The average molecular weight is 369 g/mol. The number of phenolic OH excluding ortho intramolecular Hbond substituents is 1. The zero-order valence-corrected chi connectivity index (χ0v) is 15.1. The van der Waals surface area contributed by atoms with Crippen LogP contribution in [0.15, 0.2) is 36.4 Å². The molecule has 1 heterocycles. The summed E-state index contributed by atoms with van der Waals surface area (Å²) in [6, 6.07) is 10.6. The van der Waals surface area contributed by atoms with E-state index in [9.17, 15) is 15.0 Å². The minimum absolute atomic E-state index is 0.150. The number of carbonyl (C=O) groups excluding carboxylic acids is 1. The third-order valence-electron chi connectivity index (χ3n) is 5.44. The lowest BCUT2D eigenvalue weighted by atomic mass is 9.74. The smallest absolute Gasteiger partial charge is 0.255 e. The number of hydrogen-bond donors (Lipinski definition) is 3. The van der Waals surface area contributed by atoms with Crippen LogP contribution in [0.5, 0.6) is 17.2 Å². The molecule has 2 aromatic carbocycles. The van der Waals surface area contributed by atoms with E-state index in [-0.39, 0.29) is 41.0 Å². The van der Waals surface area contributed by atoms with E-state index in [2.05, 4.69) is 11.4 Å². The Bertz CT molecular complexity index is 860. The Kier molecular flexibility index (Phi) is 4.66. The summed E-state index contributed by atoms with van der Waals surface area (Å²) in [7, 11) is 1.45. The Balaban J connectivity index is 1.61. The molecule has 0 aromatic heterocycles. The van der Waals surface area contributed by atoms with Gasteiger partial charge in [-0.2, -0.15) is 0 Å². The summed E-state index contributed by atoms with van der Waals surface area (Å²) in [5, 5.41) is 23.1. The molecule has 1 atom stereocenters. The van der Waals surface area contributed by atoms with Gasteiger partial charge in [-0.25, -0.2) is 0 Å². The molecule has 2 aliphatic rings. The fourth-order valence-electron chi connectivity index (χ4n) is 3.86. The van der Waals surface area contributed by atoms with Gasteiger partial charge in [-0.05, 0) is 54.2 Å². The van der Waals surface area contributed by atoms with Crippen LogP contribution in [0.1, 0.15) is 40.4 Å². The van der Waals surface area contributed by atoms with E-state index < -0.39 is 0 Å². The van der Waals surface area contributed by atoms with Crippen LogP contribution in [-0.4, -0.2) is 35.9 Å². The molecule has 3 N–H and O–H groups in total. The third kappa shape index (κ3) is 3.32. The predicted octanol–water partition coefficient (Wildman–Crippen LogP) is 2.58. The molecule has 1 aliphatic carbocycles. The normalized spacial score (nSPS) is 21.6. The van der Waals surface area contributed by atoms with Crippen LogP contribution >= 0.6 is 0 Å². The van der Waals surface area contributed by atoms with Gasteiger partial charge in [0.1, 0.15) is 5.75 Å². The maximum absolute atomic E-state index is 12.9. The number of methoxy groups -OCH3 is 1. The number of nitrogens with one attached hydrogen (secondary N) is 1. The van der Waals surface area contributed by atoms with Crippen molar-refractivity contribution < 1.29 is 24.5 Å². The van der Waals surface area contributed by atoms with Crippen LogP contribution in [0.2, 0.25) is 0 Å². The van der Waals surface area contributed by atoms with Crippen molar-refractivity contribution in [3.8, 4) is 17.2 Å². The summed E-state index contributed by atoms with van der Waals surface area (Å²) < 4.78 is 10.7. The van der Waals surface area contributed by atoms with Crippen LogP contribution in [0.4, 0.5) is 0 Å². The minimum Gasteiger partial charge on any atom is -0.504 e. The molecule has 2 aromatic rings. The quantitative estimate of drug-likeness (QED) is 0.754. The molecule has 6 nitrogen and oxygen atoms in total. The average Bonchev–Trinajstić information content (AvgIpc) is 3.11. The maximum Gasteiger partial charge on any atom is 0.255 e. The molecule has 1 saturated carbocycles. The van der Waals surface area contributed by atoms with Gasteiger partial charge in [0.2, 0.25) is 0 Å². The van der Waals surface area contributed by atoms with E-state index in [1.165, 1.54) is 7.11 Å². The largest absolute Gasteiger partial charge is 0.504 e. The van der Waals surface area contributed by atoms with E-state index in [4.69, 9.17) is 9.47 Å². The molecule has 142 valence electrons. The number of benzene rings is 2. The standard InChI is InChI=1S/C21H23NO5/c1-26-18-4-2-3-16(20(18)24)21(25)22-19(14-10-15(23)11-14)13-5-6-17-12(9-13)7-8-27-17/h2-6,9,14-15,19,23-24H,7-8,10-11H2,1H3,(H,22,25)/t14?,15?,19-/m1/s1. The SMILES string of the molecule is COc1cccc(C(=O)N[C@H](c2ccc3c(c2)CCO3)C2CC(O)C2)c1O. The second kappa shape index (κ2) is 7.12. The van der Waals surface area contributed by atoms with Crippen molar-refractivity contribution in [1.29, 1.82) is 0 Å². The molecule has 4 rings (SSSR count). The second-order valence-electron chi connectivity index (χ2n) is 7.16. The van der Waals surface area contributed by atoms with Gasteiger partial charge in [-0.15, -0.1) is 0 Å². The highest BCUT2D eigenvalue weighted by Gasteiger charge is 2.36. The molecule has 0 radical (unpaired) electrons. The van der Waals surface area contributed by atoms with Crippen molar-refractivity contribution in [2.75, 3.05) is 13.7 Å². The third-order valence-corrected chi connectivity index (χ3v) is 5.44. The first-order valence-electron chi connectivity index (χ1n) is 9.17. The van der Waals surface area contributed by atoms with E-state index in [0.29, 0.717) is 19.4 Å². The van der Waals surface area contributed by atoms with Gasteiger partial charge in [-0.1, -0.05) is 12.1 Å². The first kappa shape index (κ1) is 17.7. The summed E-state index contributed by atoms with van der Waals surface area (Å²) in [5.74, 6) is 0.759. The van der Waals surface area contributed by atoms with Crippen molar-refractivity contribution in [3.05, 3.63) is 53.1 Å². The molecular formula is C21H23NO5. The summed E-state index contributed by atoms with van der Waals surface area (Å²) in [6.07, 6.45) is 1.82. The monoisotopic (exact) mass is 369 g/mol. The number of amides is 1. The van der Waals surface area contributed by atoms with Crippen LogP contribution in [0.25, 0.3) is 0 Å². The Morgan fingerprint density at radius 3 is 2.85 bits per heavy atom. The van der Waals surface area contributed by atoms with Gasteiger partial charge in [0.15, 0.2) is 11.5 Å². The van der Waals surface area contributed by atoms with Gasteiger partial charge in [-0.3, -0.25) is 4.79 Å². The number of hydrogen-bond acceptors (Lipinski definition) is 5. The van der Waals surface area contributed by atoms with Crippen LogP contribution in [0.3, 0.4) is 0 Å². The van der Waals surface area contributed by atoms with Crippen molar-refractivity contribution in [3.63, 3.8) is 0 Å². The van der Waals surface area contributed by atoms with Crippen LogP contribution in [-0.2, 0) is 6.42 Å². The Morgan fingerprint density at radius 2 is 2.11 bits per heavy atom. The summed E-state index contributed by atoms with van der Waals surface area (Å²) in [4.78, 5) is 12.9. The highest BCUT2D eigenvalue weighted by molar-refractivity contribution is 5.97. The van der Waals surface area contributed by atoms with E-state index >= 15 is 0 Å². The van der Waals surface area contributed by atoms with Gasteiger partial charge in [0.05, 0.1) is 31.4 Å². The molecular weight excluding hydrogens is 346 g/mol. The van der Waals surface area contributed by atoms with Crippen LogP contribution in [0, 0.1) is 5.92 Å². The number of carbonyl (C=O) groups is 1. The first-order valence-corrected chi connectivity index (χ1v) is 9.17. The van der Waals surface area contributed by atoms with Crippen molar-refractivity contribution >= 4 is 5.91 Å². The Labute approximate surface area is 157 Å². The number of para-hydroxylation sites is 1. The first-order chi connectivity index (χ1) is 13.1. The number of aliphatic hydroxyl groups is 1. The zero-order chi connectivity index (χ0) is 19.0. The minimum atomic E-state index is -0.366. The van der Waals surface area contributed by atoms with Gasteiger partial charge < -0.3 is 25.0 Å². The van der Waals surface area contributed by atoms with E-state index in [0.717, 1.165) is 23.3 Å². The Morgan fingerprint density at radius 1 is 1.30 bits per heavy atom. The summed E-state index contributed by atoms with van der Waals surface area (Å²) in [6.45, 7) is 0.676. The number of ether oxygens (including phenoxy) is 2. The topological polar surface area (TPSA) is 88.0 Å². The van der Waals surface area contributed by atoms with Gasteiger partial charge in [0.25, 0.3) is 5.91 Å². The molecule has 0 saturated heterocycles. The zero-order valence-electron chi connectivity index (χ0n) is 15.1. The van der Waals surface area contributed by atoms with Crippen molar-refractivity contribution in [2.45, 2.75) is 31.4 Å². The highest BCUT2D eigenvalue weighted by atomic mass is 16.5. The van der Waals surface area contributed by atoms with Gasteiger partial charge >= 0.3 is 0 Å². The lowest BCUT2D eigenvalue weighted by Gasteiger charge is -2.38. The molecule has 0 spiro atoms. The molecule has 6 heteroatoms. The molecule has 1 amide bonds. The van der Waals surface area contributed by atoms with Crippen molar-refractivity contribution in [1.82, 2.24) is 5.32 Å². The predicted molar refractivity (Wildman–Crippen MR) is 99.2 cm³/mol. The molecule has 1 aliphatic heterocycles. The molecule has 1 fully saturated rings. The molecule has 0 bridgehead atoms. The number of fused-ring (bicyclic) bond motifs is 1.